The molecule has 2 aromatic carbocycles. The summed E-state index contributed by atoms with van der Waals surface area (Å²) >= 11 is 1.59. The van der Waals surface area contributed by atoms with Crippen molar-refractivity contribution in [3.8, 4) is 16.9 Å². The number of para-hydroxylation sites is 1. The summed E-state index contributed by atoms with van der Waals surface area (Å²) in [5, 5.41) is 3.41. The minimum Gasteiger partial charge on any atom is -0.491 e. The van der Waals surface area contributed by atoms with E-state index in [1.165, 1.54) is 5.56 Å². The Labute approximate surface area is 158 Å². The predicted molar refractivity (Wildman–Crippen MR) is 108 cm³/mol. The van der Waals surface area contributed by atoms with Gasteiger partial charge in [0.05, 0.1) is 4.90 Å². The van der Waals surface area contributed by atoms with E-state index in [0.29, 0.717) is 12.5 Å². The van der Waals surface area contributed by atoms with E-state index in [9.17, 15) is 0 Å². The molecular formula is C21H23N3OS. The van der Waals surface area contributed by atoms with Crippen LogP contribution in [0.15, 0.2) is 78.0 Å². The maximum absolute atomic E-state index is 5.87. The molecule has 0 saturated heterocycles. The quantitative estimate of drug-likeness (QED) is 0.342. The smallest absolute Gasteiger partial charge is 0.132 e. The van der Waals surface area contributed by atoms with Gasteiger partial charge in [-0.15, -0.1) is 11.8 Å². The first kappa shape index (κ1) is 18.5. The fourth-order valence-electron chi connectivity index (χ4n) is 2.62. The van der Waals surface area contributed by atoms with Crippen molar-refractivity contribution in [3.05, 3.63) is 78.6 Å². The summed E-state index contributed by atoms with van der Waals surface area (Å²) in [6.45, 7) is 2.13. The molecular weight excluding hydrogens is 342 g/mol. The molecule has 4 nitrogen and oxygen atoms in total. The van der Waals surface area contributed by atoms with Crippen LogP contribution in [0.25, 0.3) is 11.1 Å². The van der Waals surface area contributed by atoms with Gasteiger partial charge in [-0.2, -0.15) is 0 Å². The number of rotatable bonds is 9. The second-order valence-corrected chi connectivity index (χ2v) is 6.79. The Morgan fingerprint density at radius 3 is 2.62 bits per heavy atom. The van der Waals surface area contributed by atoms with Crippen LogP contribution in [0.3, 0.4) is 0 Å². The van der Waals surface area contributed by atoms with E-state index in [1.54, 1.807) is 11.8 Å². The number of ether oxygens (including phenoxy) is 1. The lowest BCUT2D eigenvalue weighted by atomic mass is 10.1. The minimum atomic E-state index is 0.545. The van der Waals surface area contributed by atoms with Crippen LogP contribution in [0.4, 0.5) is 0 Å². The highest BCUT2D eigenvalue weighted by atomic mass is 32.2. The van der Waals surface area contributed by atoms with E-state index in [2.05, 4.69) is 28.5 Å². The van der Waals surface area contributed by atoms with E-state index in [4.69, 9.17) is 10.5 Å². The average Bonchev–Trinajstić information content (AvgIpc) is 2.70. The fourth-order valence-corrected chi connectivity index (χ4v) is 3.24. The number of hydrogen-bond acceptors (Lipinski definition) is 5. The number of benzene rings is 2. The Morgan fingerprint density at radius 2 is 1.77 bits per heavy atom. The van der Waals surface area contributed by atoms with Gasteiger partial charge in [0.15, 0.2) is 0 Å². The van der Waals surface area contributed by atoms with Crippen LogP contribution in [0.5, 0.6) is 5.75 Å². The van der Waals surface area contributed by atoms with Gasteiger partial charge in [-0.3, -0.25) is 4.98 Å². The zero-order valence-corrected chi connectivity index (χ0v) is 15.4. The second-order valence-electron chi connectivity index (χ2n) is 5.73. The molecule has 0 unspecified atom stereocenters. The second kappa shape index (κ2) is 9.97. The molecule has 0 fully saturated rings. The van der Waals surface area contributed by atoms with Crippen LogP contribution < -0.4 is 15.8 Å². The highest BCUT2D eigenvalue weighted by molar-refractivity contribution is 7.99. The Bertz CT molecular complexity index is 811. The van der Waals surface area contributed by atoms with Crippen molar-refractivity contribution in [2.45, 2.75) is 11.4 Å². The first-order valence-corrected chi connectivity index (χ1v) is 9.60. The van der Waals surface area contributed by atoms with Gasteiger partial charge in [0.25, 0.3) is 0 Å². The predicted octanol–water partition coefficient (Wildman–Crippen LogP) is 3.93. The SMILES string of the molecule is NCSc1ccccc1OCCNCc1cncc(-c2ccccc2)c1. The summed E-state index contributed by atoms with van der Waals surface area (Å²) in [7, 11) is 0. The molecule has 0 spiro atoms. The van der Waals surface area contributed by atoms with Gasteiger partial charge in [0, 0.05) is 36.9 Å². The van der Waals surface area contributed by atoms with Crippen molar-refractivity contribution in [2.24, 2.45) is 5.73 Å². The highest BCUT2D eigenvalue weighted by Gasteiger charge is 2.03. The number of nitrogens with two attached hydrogens (primary N) is 1. The number of nitrogens with zero attached hydrogens (tertiary/aromatic N) is 1. The maximum atomic E-state index is 5.87. The summed E-state index contributed by atoms with van der Waals surface area (Å²) in [6.07, 6.45) is 3.79. The van der Waals surface area contributed by atoms with E-state index >= 15 is 0 Å². The van der Waals surface area contributed by atoms with Crippen LogP contribution in [-0.4, -0.2) is 24.0 Å². The Morgan fingerprint density at radius 1 is 0.962 bits per heavy atom. The first-order chi connectivity index (χ1) is 12.9. The summed E-state index contributed by atoms with van der Waals surface area (Å²) < 4.78 is 5.87. The zero-order chi connectivity index (χ0) is 18.0. The van der Waals surface area contributed by atoms with Crippen LogP contribution in [0.2, 0.25) is 0 Å². The van der Waals surface area contributed by atoms with Gasteiger partial charge in [-0.05, 0) is 29.3 Å². The maximum Gasteiger partial charge on any atom is 0.132 e. The summed E-state index contributed by atoms with van der Waals surface area (Å²) in [5.74, 6) is 1.43. The van der Waals surface area contributed by atoms with Crippen molar-refractivity contribution in [2.75, 3.05) is 19.0 Å². The zero-order valence-electron chi connectivity index (χ0n) is 14.6. The molecule has 0 aliphatic carbocycles. The Balaban J connectivity index is 1.47. The average molecular weight is 366 g/mol. The number of pyridine rings is 1. The number of thioether (sulfide) groups is 1. The van der Waals surface area contributed by atoms with Crippen molar-refractivity contribution < 1.29 is 4.74 Å². The molecule has 26 heavy (non-hydrogen) atoms. The van der Waals surface area contributed by atoms with Crippen LogP contribution in [0, 0.1) is 0 Å². The van der Waals surface area contributed by atoms with Crippen LogP contribution >= 0.6 is 11.8 Å². The molecule has 0 saturated carbocycles. The van der Waals surface area contributed by atoms with Gasteiger partial charge in [0.2, 0.25) is 0 Å². The summed E-state index contributed by atoms with van der Waals surface area (Å²) in [4.78, 5) is 5.43. The molecule has 1 aromatic heterocycles. The van der Waals surface area contributed by atoms with E-state index < -0.39 is 0 Å². The Kier molecular flexibility index (Phi) is 7.07. The Hall–Kier alpha value is -2.34. The van der Waals surface area contributed by atoms with Crippen molar-refractivity contribution in [1.29, 1.82) is 0 Å². The molecule has 0 amide bonds. The summed E-state index contributed by atoms with van der Waals surface area (Å²) in [5.41, 5.74) is 9.08. The topological polar surface area (TPSA) is 60.2 Å². The molecule has 3 rings (SSSR count). The standard InChI is InChI=1S/C21H23N3OS/c22-16-26-21-9-5-4-8-20(21)25-11-10-23-13-17-12-19(15-24-14-17)18-6-2-1-3-7-18/h1-9,12,14-15,23H,10-11,13,16,22H2. The van der Waals surface area contributed by atoms with Crippen molar-refractivity contribution in [1.82, 2.24) is 10.3 Å². The van der Waals surface area contributed by atoms with Gasteiger partial charge in [0.1, 0.15) is 12.4 Å². The molecule has 1 heterocycles. The van der Waals surface area contributed by atoms with Gasteiger partial charge in [-0.25, -0.2) is 0 Å². The normalized spacial score (nSPS) is 10.7. The molecule has 3 aromatic rings. The lowest BCUT2D eigenvalue weighted by Crippen LogP contribution is -2.20. The molecule has 3 N–H and O–H groups in total. The van der Waals surface area contributed by atoms with Gasteiger partial charge >= 0.3 is 0 Å². The van der Waals surface area contributed by atoms with Crippen LogP contribution in [0.1, 0.15) is 5.56 Å². The molecule has 134 valence electrons. The number of nitrogens with one attached hydrogen (secondary N) is 1. The summed E-state index contributed by atoms with van der Waals surface area (Å²) in [6, 6.07) is 20.4. The fraction of sp³-hybridized carbons (Fsp3) is 0.190. The highest BCUT2D eigenvalue weighted by Crippen LogP contribution is 2.27. The molecule has 5 heteroatoms. The lowest BCUT2D eigenvalue weighted by Gasteiger charge is -2.11. The first-order valence-electron chi connectivity index (χ1n) is 8.61. The number of aromatic nitrogens is 1. The van der Waals surface area contributed by atoms with Gasteiger partial charge in [-0.1, -0.05) is 42.5 Å². The van der Waals surface area contributed by atoms with Gasteiger partial charge < -0.3 is 15.8 Å². The molecule has 0 radical (unpaired) electrons. The third-order valence-electron chi connectivity index (χ3n) is 3.86. The third-order valence-corrected chi connectivity index (χ3v) is 4.67. The van der Waals surface area contributed by atoms with E-state index in [1.807, 2.05) is 54.9 Å². The van der Waals surface area contributed by atoms with E-state index in [-0.39, 0.29) is 0 Å². The minimum absolute atomic E-state index is 0.545. The van der Waals surface area contributed by atoms with Crippen molar-refractivity contribution in [3.63, 3.8) is 0 Å². The largest absolute Gasteiger partial charge is 0.491 e. The number of hydrogen-bond donors (Lipinski definition) is 2. The molecule has 0 atom stereocenters. The third kappa shape index (κ3) is 5.33. The molecule has 0 aliphatic rings. The molecule has 0 aliphatic heterocycles. The monoisotopic (exact) mass is 365 g/mol. The van der Waals surface area contributed by atoms with E-state index in [0.717, 1.165) is 34.9 Å². The van der Waals surface area contributed by atoms with Crippen LogP contribution in [-0.2, 0) is 6.54 Å². The molecule has 0 bridgehead atoms. The lowest BCUT2D eigenvalue weighted by molar-refractivity contribution is 0.307. The van der Waals surface area contributed by atoms with Crippen molar-refractivity contribution >= 4 is 11.8 Å².